The second-order valence-corrected chi connectivity index (χ2v) is 5.91. The summed E-state index contributed by atoms with van der Waals surface area (Å²) in [7, 11) is 0. The molecule has 0 aliphatic heterocycles. The van der Waals surface area contributed by atoms with Crippen LogP contribution in [0.15, 0.2) is 18.2 Å². The van der Waals surface area contributed by atoms with Crippen LogP contribution in [0, 0.1) is 0 Å². The molecule has 2 amide bonds. The van der Waals surface area contributed by atoms with Crippen molar-refractivity contribution in [3.63, 3.8) is 0 Å². The molecule has 1 aromatic carbocycles. The smallest absolute Gasteiger partial charge is 0.359 e. The highest BCUT2D eigenvalue weighted by Crippen LogP contribution is 2.24. The number of hydrogen-bond donors (Lipinski definition) is 2. The van der Waals surface area contributed by atoms with E-state index in [1.165, 1.54) is 25.1 Å². The number of halogens is 4. The zero-order chi connectivity index (χ0) is 17.9. The minimum atomic E-state index is -4.51. The number of benzene rings is 1. The van der Waals surface area contributed by atoms with E-state index in [4.69, 9.17) is 11.6 Å². The summed E-state index contributed by atoms with van der Waals surface area (Å²) >= 11 is 5.97. The van der Waals surface area contributed by atoms with E-state index in [0.29, 0.717) is 0 Å². The van der Waals surface area contributed by atoms with E-state index in [1.807, 2.05) is 0 Å². The van der Waals surface area contributed by atoms with Crippen molar-refractivity contribution < 1.29 is 27.5 Å². The number of ether oxygens (including phenoxy) is 1. The number of anilines is 1. The molecule has 132 valence electrons. The molecule has 1 unspecified atom stereocenters. The molecule has 0 spiro atoms. The van der Waals surface area contributed by atoms with Crippen molar-refractivity contribution in [2.45, 2.75) is 38.1 Å². The molecule has 1 aromatic rings. The van der Waals surface area contributed by atoms with E-state index in [9.17, 15) is 22.8 Å². The fraction of sp³-hybridized carbons (Fsp3) is 0.467. The van der Waals surface area contributed by atoms with Crippen LogP contribution in [0.4, 0.5) is 18.9 Å². The monoisotopic (exact) mass is 364 g/mol. The van der Waals surface area contributed by atoms with E-state index < -0.39 is 24.8 Å². The van der Waals surface area contributed by atoms with E-state index in [0.717, 1.165) is 12.8 Å². The first-order valence-corrected chi connectivity index (χ1v) is 7.63. The molecule has 2 rings (SSSR count). The van der Waals surface area contributed by atoms with Crippen molar-refractivity contribution in [2.75, 3.05) is 11.9 Å². The molecule has 1 aliphatic carbocycles. The van der Waals surface area contributed by atoms with Crippen molar-refractivity contribution in [1.82, 2.24) is 5.32 Å². The third kappa shape index (κ3) is 5.68. The SMILES string of the molecule is CC(OCC(F)(F)F)C(=O)Nc1ccc(Cl)c(C(=O)NC2CC2)c1. The lowest BCUT2D eigenvalue weighted by atomic mass is 10.1. The van der Waals surface area contributed by atoms with Gasteiger partial charge in [0.15, 0.2) is 0 Å². The van der Waals surface area contributed by atoms with Gasteiger partial charge in [0.05, 0.1) is 10.6 Å². The Morgan fingerprint density at radius 3 is 2.62 bits per heavy atom. The zero-order valence-electron chi connectivity index (χ0n) is 12.7. The lowest BCUT2D eigenvalue weighted by Crippen LogP contribution is -2.31. The molecule has 1 atom stereocenters. The van der Waals surface area contributed by atoms with Crippen molar-refractivity contribution in [3.05, 3.63) is 28.8 Å². The zero-order valence-corrected chi connectivity index (χ0v) is 13.5. The molecule has 0 heterocycles. The van der Waals surface area contributed by atoms with Crippen molar-refractivity contribution in [3.8, 4) is 0 Å². The average molecular weight is 365 g/mol. The maximum absolute atomic E-state index is 12.1. The van der Waals surface area contributed by atoms with Gasteiger partial charge in [0.1, 0.15) is 12.7 Å². The number of rotatable bonds is 6. The predicted molar refractivity (Wildman–Crippen MR) is 82.0 cm³/mol. The molecule has 1 fully saturated rings. The van der Waals surface area contributed by atoms with Crippen LogP contribution in [-0.2, 0) is 9.53 Å². The lowest BCUT2D eigenvalue weighted by Gasteiger charge is -2.15. The molecule has 0 radical (unpaired) electrons. The molecule has 2 N–H and O–H groups in total. The van der Waals surface area contributed by atoms with Crippen LogP contribution in [0.5, 0.6) is 0 Å². The van der Waals surface area contributed by atoms with Crippen LogP contribution < -0.4 is 10.6 Å². The summed E-state index contributed by atoms with van der Waals surface area (Å²) in [5.74, 6) is -1.12. The number of carbonyl (C=O) groups is 2. The Morgan fingerprint density at radius 2 is 2.04 bits per heavy atom. The van der Waals surface area contributed by atoms with Gasteiger partial charge >= 0.3 is 6.18 Å². The highest BCUT2D eigenvalue weighted by molar-refractivity contribution is 6.34. The van der Waals surface area contributed by atoms with Crippen LogP contribution in [0.3, 0.4) is 0 Å². The van der Waals surface area contributed by atoms with Gasteiger partial charge in [-0.15, -0.1) is 0 Å². The molecule has 1 saturated carbocycles. The molecule has 5 nitrogen and oxygen atoms in total. The first kappa shape index (κ1) is 18.5. The van der Waals surface area contributed by atoms with Crippen molar-refractivity contribution in [2.24, 2.45) is 0 Å². The Balaban J connectivity index is 1.98. The molecule has 0 saturated heterocycles. The van der Waals surface area contributed by atoms with Gasteiger partial charge in [-0.05, 0) is 38.0 Å². The molecular formula is C15H16ClF3N2O3. The van der Waals surface area contributed by atoms with Gasteiger partial charge in [0.25, 0.3) is 11.8 Å². The van der Waals surface area contributed by atoms with Crippen LogP contribution in [0.1, 0.15) is 30.1 Å². The van der Waals surface area contributed by atoms with E-state index in [1.54, 1.807) is 0 Å². The molecule has 24 heavy (non-hydrogen) atoms. The Hall–Kier alpha value is -1.80. The Labute approximate surface area is 141 Å². The number of carbonyl (C=O) groups excluding carboxylic acids is 2. The van der Waals surface area contributed by atoms with Crippen molar-refractivity contribution in [1.29, 1.82) is 0 Å². The minimum Gasteiger partial charge on any atom is -0.359 e. The second kappa shape index (κ2) is 7.40. The number of amides is 2. The average Bonchev–Trinajstić information content (AvgIpc) is 3.29. The van der Waals surface area contributed by atoms with Crippen LogP contribution in [0.2, 0.25) is 5.02 Å². The summed E-state index contributed by atoms with van der Waals surface area (Å²) in [6.07, 6.45) is -3.99. The largest absolute Gasteiger partial charge is 0.411 e. The Morgan fingerprint density at radius 1 is 1.38 bits per heavy atom. The summed E-state index contributed by atoms with van der Waals surface area (Å²) in [6, 6.07) is 4.39. The first-order chi connectivity index (χ1) is 11.2. The molecule has 0 aromatic heterocycles. The first-order valence-electron chi connectivity index (χ1n) is 7.25. The van der Waals surface area contributed by atoms with Crippen LogP contribution in [-0.4, -0.2) is 36.7 Å². The topological polar surface area (TPSA) is 67.4 Å². The quantitative estimate of drug-likeness (QED) is 0.815. The minimum absolute atomic E-state index is 0.141. The van der Waals surface area contributed by atoms with Gasteiger partial charge in [0.2, 0.25) is 0 Å². The van der Waals surface area contributed by atoms with Gasteiger partial charge in [-0.2, -0.15) is 13.2 Å². The maximum Gasteiger partial charge on any atom is 0.411 e. The fourth-order valence-corrected chi connectivity index (χ4v) is 2.01. The summed E-state index contributed by atoms with van der Waals surface area (Å²) in [5, 5.41) is 5.38. The fourth-order valence-electron chi connectivity index (χ4n) is 1.81. The molecular weight excluding hydrogens is 349 g/mol. The van der Waals surface area contributed by atoms with E-state index in [2.05, 4.69) is 15.4 Å². The maximum atomic E-state index is 12.1. The molecule has 9 heteroatoms. The lowest BCUT2D eigenvalue weighted by molar-refractivity contribution is -0.184. The predicted octanol–water partition coefficient (Wildman–Crippen LogP) is 3.14. The Kier molecular flexibility index (Phi) is 5.71. The summed E-state index contributed by atoms with van der Waals surface area (Å²) in [4.78, 5) is 23.9. The Bertz CT molecular complexity index is 633. The second-order valence-electron chi connectivity index (χ2n) is 5.50. The van der Waals surface area contributed by atoms with Gasteiger partial charge in [-0.3, -0.25) is 9.59 Å². The summed E-state index contributed by atoms with van der Waals surface area (Å²) in [5.41, 5.74) is 0.429. The number of nitrogens with one attached hydrogen (secondary N) is 2. The van der Waals surface area contributed by atoms with Gasteiger partial charge < -0.3 is 15.4 Å². The normalized spacial score (nSPS) is 15.7. The third-order valence-corrected chi connectivity index (χ3v) is 3.59. The summed E-state index contributed by atoms with van der Waals surface area (Å²) < 4.78 is 40.7. The standard InChI is InChI=1S/C15H16ClF3N2O3/c1-8(24-7-15(17,18)19)13(22)21-10-4-5-12(16)11(6-10)14(23)20-9-2-3-9/h4-6,8-9H,2-3,7H2,1H3,(H,20,23)(H,21,22). The van der Waals surface area contributed by atoms with Gasteiger partial charge in [-0.25, -0.2) is 0 Å². The van der Waals surface area contributed by atoms with Crippen LogP contribution in [0.25, 0.3) is 0 Å². The number of hydrogen-bond acceptors (Lipinski definition) is 3. The highest BCUT2D eigenvalue weighted by Gasteiger charge is 2.30. The summed E-state index contributed by atoms with van der Waals surface area (Å²) in [6.45, 7) is -0.311. The third-order valence-electron chi connectivity index (χ3n) is 3.26. The van der Waals surface area contributed by atoms with E-state index >= 15 is 0 Å². The highest BCUT2D eigenvalue weighted by atomic mass is 35.5. The van der Waals surface area contributed by atoms with Crippen LogP contribution >= 0.6 is 11.6 Å². The number of alkyl halides is 3. The molecule has 1 aliphatic rings. The van der Waals surface area contributed by atoms with Gasteiger partial charge in [0, 0.05) is 11.7 Å². The van der Waals surface area contributed by atoms with E-state index in [-0.39, 0.29) is 28.2 Å². The van der Waals surface area contributed by atoms with Gasteiger partial charge in [-0.1, -0.05) is 11.6 Å². The van der Waals surface area contributed by atoms with Crippen molar-refractivity contribution >= 4 is 29.1 Å². The molecule has 0 bridgehead atoms.